The van der Waals surface area contributed by atoms with Crippen LogP contribution in [0.4, 0.5) is 0 Å². The number of rotatable bonds is 2. The molecule has 0 aliphatic carbocycles. The van der Waals surface area contributed by atoms with Crippen molar-refractivity contribution in [2.45, 2.75) is 25.7 Å². The zero-order chi connectivity index (χ0) is 9.19. The zero-order valence-electron chi connectivity index (χ0n) is 7.23. The Morgan fingerprint density at radius 3 is 2.58 bits per heavy atom. The second-order valence-electron chi connectivity index (χ2n) is 3.17. The molecule has 0 aromatic carbocycles. The molecule has 1 aliphatic heterocycles. The van der Waals surface area contributed by atoms with Crippen molar-refractivity contribution < 1.29 is 19.5 Å². The van der Waals surface area contributed by atoms with Gasteiger partial charge in [-0.05, 0) is 13.8 Å². The third-order valence-electron chi connectivity index (χ3n) is 1.53. The summed E-state index contributed by atoms with van der Waals surface area (Å²) in [6.07, 6.45) is 1.40. The lowest BCUT2D eigenvalue weighted by molar-refractivity contribution is -0.133. The molecule has 2 N–H and O–H groups in total. The van der Waals surface area contributed by atoms with E-state index in [9.17, 15) is 0 Å². The van der Waals surface area contributed by atoms with Crippen LogP contribution in [-0.2, 0) is 9.47 Å². The van der Waals surface area contributed by atoms with E-state index >= 15 is 0 Å². The molecule has 0 aromatic rings. The predicted molar refractivity (Wildman–Crippen MR) is 44.2 cm³/mol. The van der Waals surface area contributed by atoms with Gasteiger partial charge in [-0.15, -0.1) is 0 Å². The van der Waals surface area contributed by atoms with Gasteiger partial charge in [0.25, 0.3) is 0 Å². The van der Waals surface area contributed by atoms with Crippen LogP contribution in [0.25, 0.3) is 0 Å². The van der Waals surface area contributed by atoms with E-state index in [1.54, 1.807) is 6.08 Å². The molecule has 1 fully saturated rings. The van der Waals surface area contributed by atoms with Crippen LogP contribution < -0.4 is 0 Å². The first-order valence-corrected chi connectivity index (χ1v) is 3.86. The first kappa shape index (κ1) is 9.73. The molecule has 1 heterocycles. The first-order valence-electron chi connectivity index (χ1n) is 3.86. The molecular formula is C7H13BO4. The molecule has 0 unspecified atom stereocenters. The highest BCUT2D eigenvalue weighted by molar-refractivity contribution is 6.47. The highest BCUT2D eigenvalue weighted by Crippen LogP contribution is 2.22. The fraction of sp³-hybridized carbons (Fsp3) is 0.714. The molecular weight excluding hydrogens is 159 g/mol. The molecule has 1 atom stereocenters. The summed E-state index contributed by atoms with van der Waals surface area (Å²) in [5.74, 6) is 0.699. The van der Waals surface area contributed by atoms with Crippen LogP contribution in [0, 0.1) is 0 Å². The molecule has 0 spiro atoms. The van der Waals surface area contributed by atoms with Crippen molar-refractivity contribution in [3.63, 3.8) is 0 Å². The minimum absolute atomic E-state index is 0.179. The second-order valence-corrected chi connectivity index (χ2v) is 3.17. The van der Waals surface area contributed by atoms with Gasteiger partial charge in [0.1, 0.15) is 6.10 Å². The van der Waals surface area contributed by atoms with Crippen molar-refractivity contribution in [2.24, 2.45) is 0 Å². The average molecular weight is 172 g/mol. The smallest absolute Gasteiger partial charge is 0.424 e. The van der Waals surface area contributed by atoms with Crippen LogP contribution >= 0.6 is 0 Å². The molecule has 0 radical (unpaired) electrons. The van der Waals surface area contributed by atoms with Crippen LogP contribution in [0.3, 0.4) is 0 Å². The van der Waals surface area contributed by atoms with E-state index in [-0.39, 0.29) is 6.10 Å². The summed E-state index contributed by atoms with van der Waals surface area (Å²) in [4.78, 5) is 0. The molecule has 68 valence electrons. The Labute approximate surface area is 71.9 Å². The van der Waals surface area contributed by atoms with Gasteiger partial charge in [0.2, 0.25) is 0 Å². The zero-order valence-corrected chi connectivity index (χ0v) is 7.23. The molecule has 1 saturated heterocycles. The maximum absolute atomic E-state index is 8.52. The van der Waals surface area contributed by atoms with Gasteiger partial charge in [0, 0.05) is 0 Å². The summed E-state index contributed by atoms with van der Waals surface area (Å²) < 4.78 is 10.6. The van der Waals surface area contributed by atoms with E-state index < -0.39 is 12.9 Å². The summed E-state index contributed by atoms with van der Waals surface area (Å²) in [7, 11) is -1.42. The Bertz CT molecular complexity index is 178. The quantitative estimate of drug-likeness (QED) is 0.561. The molecule has 12 heavy (non-hydrogen) atoms. The van der Waals surface area contributed by atoms with E-state index in [4.69, 9.17) is 19.5 Å². The third-order valence-corrected chi connectivity index (χ3v) is 1.53. The topological polar surface area (TPSA) is 58.9 Å². The van der Waals surface area contributed by atoms with Crippen LogP contribution in [0.5, 0.6) is 0 Å². The fourth-order valence-corrected chi connectivity index (χ4v) is 1.03. The second kappa shape index (κ2) is 3.57. The Balaban J connectivity index is 2.38. The molecule has 0 saturated carbocycles. The van der Waals surface area contributed by atoms with Crippen molar-refractivity contribution in [2.75, 3.05) is 6.61 Å². The molecule has 5 heteroatoms. The summed E-state index contributed by atoms with van der Waals surface area (Å²) in [5, 5.41) is 17.0. The number of ether oxygens (including phenoxy) is 2. The maximum atomic E-state index is 8.52. The minimum atomic E-state index is -1.42. The van der Waals surface area contributed by atoms with Crippen molar-refractivity contribution in [3.8, 4) is 0 Å². The summed E-state index contributed by atoms with van der Waals surface area (Å²) in [6, 6.07) is 0. The lowest BCUT2D eigenvalue weighted by Crippen LogP contribution is -2.21. The van der Waals surface area contributed by atoms with Gasteiger partial charge in [-0.25, -0.2) is 0 Å². The molecule has 0 aromatic heterocycles. The van der Waals surface area contributed by atoms with Crippen molar-refractivity contribution >= 4 is 7.12 Å². The van der Waals surface area contributed by atoms with Gasteiger partial charge in [-0.2, -0.15) is 0 Å². The Kier molecular flexibility index (Phi) is 2.90. The molecule has 0 bridgehead atoms. The van der Waals surface area contributed by atoms with Gasteiger partial charge >= 0.3 is 7.12 Å². The van der Waals surface area contributed by atoms with Gasteiger partial charge in [0.05, 0.1) is 6.61 Å². The highest BCUT2D eigenvalue weighted by Gasteiger charge is 2.31. The van der Waals surface area contributed by atoms with Crippen molar-refractivity contribution in [1.82, 2.24) is 0 Å². The average Bonchev–Trinajstić information content (AvgIpc) is 2.26. The molecule has 1 aliphatic rings. The number of hydrogen-bond donors (Lipinski definition) is 2. The molecule has 0 amide bonds. The standard InChI is InChI=1S/C7H13BO4/c1-7(2)11-5-6(12-7)3-4-8(9)10/h3-4,6,9-10H,5H2,1-2H3/b4-3+/t6-/m0/s1. The fourth-order valence-electron chi connectivity index (χ4n) is 1.03. The van der Waals surface area contributed by atoms with Crippen LogP contribution in [0.2, 0.25) is 0 Å². The third kappa shape index (κ3) is 2.94. The SMILES string of the molecule is CC1(C)OC[C@H](/C=C/B(O)O)O1. The lowest BCUT2D eigenvalue weighted by Gasteiger charge is -2.15. The van der Waals surface area contributed by atoms with E-state index in [1.165, 1.54) is 5.98 Å². The van der Waals surface area contributed by atoms with Crippen LogP contribution in [-0.4, -0.2) is 35.7 Å². The summed E-state index contributed by atoms with van der Waals surface area (Å²) >= 11 is 0. The highest BCUT2D eigenvalue weighted by atomic mass is 16.7. The van der Waals surface area contributed by atoms with Crippen molar-refractivity contribution in [3.05, 3.63) is 12.1 Å². The van der Waals surface area contributed by atoms with E-state index in [0.29, 0.717) is 6.61 Å². The minimum Gasteiger partial charge on any atom is -0.424 e. The first-order chi connectivity index (χ1) is 5.49. The Morgan fingerprint density at radius 2 is 2.17 bits per heavy atom. The molecule has 4 nitrogen and oxygen atoms in total. The van der Waals surface area contributed by atoms with Gasteiger partial charge in [0.15, 0.2) is 5.79 Å². The Morgan fingerprint density at radius 1 is 1.50 bits per heavy atom. The summed E-state index contributed by atoms with van der Waals surface area (Å²) in [5.41, 5.74) is 0. The van der Waals surface area contributed by atoms with Crippen LogP contribution in [0.1, 0.15) is 13.8 Å². The monoisotopic (exact) mass is 172 g/mol. The van der Waals surface area contributed by atoms with Crippen LogP contribution in [0.15, 0.2) is 12.1 Å². The largest absolute Gasteiger partial charge is 0.480 e. The van der Waals surface area contributed by atoms with E-state index in [2.05, 4.69) is 0 Å². The van der Waals surface area contributed by atoms with Gasteiger partial charge < -0.3 is 19.5 Å². The normalized spacial score (nSPS) is 28.2. The molecule has 1 rings (SSSR count). The van der Waals surface area contributed by atoms with E-state index in [0.717, 1.165) is 0 Å². The van der Waals surface area contributed by atoms with Gasteiger partial charge in [-0.3, -0.25) is 0 Å². The predicted octanol–water partition coefficient (Wildman–Crippen LogP) is -0.294. The van der Waals surface area contributed by atoms with E-state index in [1.807, 2.05) is 13.8 Å². The number of hydrogen-bond acceptors (Lipinski definition) is 4. The van der Waals surface area contributed by atoms with Crippen molar-refractivity contribution in [1.29, 1.82) is 0 Å². The Hall–Kier alpha value is -0.355. The summed E-state index contributed by atoms with van der Waals surface area (Å²) in [6.45, 7) is 4.09. The van der Waals surface area contributed by atoms with Gasteiger partial charge in [-0.1, -0.05) is 12.1 Å². The maximum Gasteiger partial charge on any atom is 0.480 e. The lowest BCUT2D eigenvalue weighted by atomic mass is 9.91.